The van der Waals surface area contributed by atoms with Crippen LogP contribution in [-0.4, -0.2) is 28.7 Å². The number of amides is 1. The number of rotatable bonds is 5. The maximum absolute atomic E-state index is 12.0. The van der Waals surface area contributed by atoms with Crippen LogP contribution in [0.15, 0.2) is 0 Å². The van der Waals surface area contributed by atoms with Gasteiger partial charge in [-0.15, -0.1) is 0 Å². The SMILES string of the molecule is CC(C)N(CCCBr)C(=O)CC(C)(C)C. The molecule has 2 nitrogen and oxygen atoms in total. The lowest BCUT2D eigenvalue weighted by atomic mass is 9.91. The normalized spacial score (nSPS) is 11.9. The fourth-order valence-corrected chi connectivity index (χ4v) is 1.71. The molecule has 0 N–H and O–H groups in total. The minimum Gasteiger partial charge on any atom is -0.340 e. The lowest BCUT2D eigenvalue weighted by molar-refractivity contribution is -0.134. The number of carbonyl (C=O) groups excluding carboxylic acids is 1. The molecule has 0 aromatic carbocycles. The molecular formula is C12H24BrNO. The Labute approximate surface area is 103 Å². The third-order valence-corrected chi connectivity index (χ3v) is 2.72. The van der Waals surface area contributed by atoms with Gasteiger partial charge in [-0.2, -0.15) is 0 Å². The van der Waals surface area contributed by atoms with Crippen LogP contribution in [0.2, 0.25) is 0 Å². The molecule has 15 heavy (non-hydrogen) atoms. The number of alkyl halides is 1. The summed E-state index contributed by atoms with van der Waals surface area (Å²) in [7, 11) is 0. The van der Waals surface area contributed by atoms with Gasteiger partial charge in [0, 0.05) is 24.3 Å². The van der Waals surface area contributed by atoms with Crippen molar-refractivity contribution in [3.05, 3.63) is 0 Å². The van der Waals surface area contributed by atoms with Crippen LogP contribution in [0, 0.1) is 5.41 Å². The van der Waals surface area contributed by atoms with Crippen molar-refractivity contribution in [1.29, 1.82) is 0 Å². The Kier molecular flexibility index (Phi) is 6.49. The van der Waals surface area contributed by atoms with Crippen molar-refractivity contribution in [3.8, 4) is 0 Å². The summed E-state index contributed by atoms with van der Waals surface area (Å²) < 4.78 is 0. The molecule has 0 aliphatic rings. The number of nitrogens with zero attached hydrogens (tertiary/aromatic N) is 1. The average molecular weight is 278 g/mol. The molecule has 0 radical (unpaired) electrons. The molecule has 0 bridgehead atoms. The van der Waals surface area contributed by atoms with Crippen LogP contribution >= 0.6 is 15.9 Å². The van der Waals surface area contributed by atoms with Gasteiger partial charge in [-0.05, 0) is 25.7 Å². The third-order valence-electron chi connectivity index (χ3n) is 2.16. The fourth-order valence-electron chi connectivity index (χ4n) is 1.46. The molecule has 0 saturated carbocycles. The van der Waals surface area contributed by atoms with E-state index >= 15 is 0 Å². The van der Waals surface area contributed by atoms with Gasteiger partial charge in [0.25, 0.3) is 0 Å². The Bertz CT molecular complexity index is 196. The van der Waals surface area contributed by atoms with Gasteiger partial charge in [0.15, 0.2) is 0 Å². The molecule has 0 aromatic heterocycles. The molecule has 0 fully saturated rings. The van der Waals surface area contributed by atoms with E-state index in [2.05, 4.69) is 50.5 Å². The second-order valence-electron chi connectivity index (χ2n) is 5.46. The van der Waals surface area contributed by atoms with Crippen molar-refractivity contribution < 1.29 is 4.79 Å². The van der Waals surface area contributed by atoms with Crippen LogP contribution < -0.4 is 0 Å². The number of hydrogen-bond donors (Lipinski definition) is 0. The van der Waals surface area contributed by atoms with Crippen molar-refractivity contribution in [2.24, 2.45) is 5.41 Å². The lowest BCUT2D eigenvalue weighted by Crippen LogP contribution is -2.39. The number of hydrogen-bond acceptors (Lipinski definition) is 1. The first-order chi connectivity index (χ1) is 6.78. The molecule has 0 saturated heterocycles. The maximum atomic E-state index is 12.0. The zero-order valence-electron chi connectivity index (χ0n) is 10.6. The summed E-state index contributed by atoms with van der Waals surface area (Å²) in [6.07, 6.45) is 1.65. The predicted molar refractivity (Wildman–Crippen MR) is 69.3 cm³/mol. The Hall–Kier alpha value is -0.0500. The molecule has 0 spiro atoms. The van der Waals surface area contributed by atoms with E-state index in [-0.39, 0.29) is 11.3 Å². The minimum absolute atomic E-state index is 0.0820. The van der Waals surface area contributed by atoms with E-state index in [1.165, 1.54) is 0 Å². The molecule has 90 valence electrons. The quantitative estimate of drug-likeness (QED) is 0.705. The summed E-state index contributed by atoms with van der Waals surface area (Å²) in [4.78, 5) is 14.0. The van der Waals surface area contributed by atoms with Crippen molar-refractivity contribution in [2.75, 3.05) is 11.9 Å². The Morgan fingerprint density at radius 1 is 1.33 bits per heavy atom. The highest BCUT2D eigenvalue weighted by Gasteiger charge is 2.22. The summed E-state index contributed by atoms with van der Waals surface area (Å²) in [5.74, 6) is 0.276. The summed E-state index contributed by atoms with van der Waals surface area (Å²) in [6, 6.07) is 0.305. The standard InChI is InChI=1S/C12H24BrNO/c1-10(2)14(8-6-7-13)11(15)9-12(3,4)5/h10H,6-9H2,1-5H3. The Morgan fingerprint density at radius 2 is 1.87 bits per heavy atom. The van der Waals surface area contributed by atoms with Gasteiger partial charge in [-0.3, -0.25) is 4.79 Å². The van der Waals surface area contributed by atoms with Gasteiger partial charge in [-0.25, -0.2) is 0 Å². The zero-order valence-corrected chi connectivity index (χ0v) is 12.2. The Balaban J connectivity index is 4.29. The summed E-state index contributed by atoms with van der Waals surface area (Å²) in [6.45, 7) is 11.3. The molecule has 0 aliphatic heterocycles. The summed E-state index contributed by atoms with van der Waals surface area (Å²) in [5.41, 5.74) is 0.0820. The van der Waals surface area contributed by atoms with Crippen LogP contribution in [0.25, 0.3) is 0 Å². The van der Waals surface area contributed by atoms with E-state index in [9.17, 15) is 4.79 Å². The van der Waals surface area contributed by atoms with Gasteiger partial charge < -0.3 is 4.90 Å². The van der Waals surface area contributed by atoms with Gasteiger partial charge in [0.05, 0.1) is 0 Å². The van der Waals surface area contributed by atoms with Gasteiger partial charge in [0.2, 0.25) is 5.91 Å². The predicted octanol–water partition coefficient (Wildman–Crippen LogP) is 3.44. The molecule has 0 heterocycles. The van der Waals surface area contributed by atoms with Crippen molar-refractivity contribution in [2.45, 2.75) is 53.5 Å². The van der Waals surface area contributed by atoms with Gasteiger partial charge in [0.1, 0.15) is 0 Å². The van der Waals surface area contributed by atoms with Crippen LogP contribution in [0.5, 0.6) is 0 Å². The molecule has 0 atom stereocenters. The first-order valence-corrected chi connectivity index (χ1v) is 6.75. The largest absolute Gasteiger partial charge is 0.340 e. The van der Waals surface area contributed by atoms with Crippen LogP contribution in [0.3, 0.4) is 0 Å². The topological polar surface area (TPSA) is 20.3 Å². The Morgan fingerprint density at radius 3 is 2.20 bits per heavy atom. The maximum Gasteiger partial charge on any atom is 0.223 e. The first kappa shape index (κ1) is 14.9. The first-order valence-electron chi connectivity index (χ1n) is 5.63. The van der Waals surface area contributed by atoms with Crippen molar-refractivity contribution >= 4 is 21.8 Å². The summed E-state index contributed by atoms with van der Waals surface area (Å²) >= 11 is 3.40. The number of carbonyl (C=O) groups is 1. The van der Waals surface area contributed by atoms with Gasteiger partial charge >= 0.3 is 0 Å². The van der Waals surface area contributed by atoms with Crippen molar-refractivity contribution in [3.63, 3.8) is 0 Å². The van der Waals surface area contributed by atoms with Crippen LogP contribution in [0.4, 0.5) is 0 Å². The van der Waals surface area contributed by atoms with Crippen LogP contribution in [-0.2, 0) is 4.79 Å². The minimum atomic E-state index is 0.0820. The molecule has 1 amide bonds. The highest BCUT2D eigenvalue weighted by Crippen LogP contribution is 2.20. The van der Waals surface area contributed by atoms with E-state index in [0.29, 0.717) is 12.5 Å². The second-order valence-corrected chi connectivity index (χ2v) is 6.25. The molecule has 3 heteroatoms. The van der Waals surface area contributed by atoms with Crippen LogP contribution in [0.1, 0.15) is 47.5 Å². The van der Waals surface area contributed by atoms with E-state index in [0.717, 1.165) is 18.3 Å². The molecule has 0 rings (SSSR count). The van der Waals surface area contributed by atoms with E-state index < -0.39 is 0 Å². The van der Waals surface area contributed by atoms with Gasteiger partial charge in [-0.1, -0.05) is 36.7 Å². The summed E-state index contributed by atoms with van der Waals surface area (Å²) in [5, 5.41) is 0.957. The average Bonchev–Trinajstić information content (AvgIpc) is 2.00. The molecule has 0 aromatic rings. The fraction of sp³-hybridized carbons (Fsp3) is 0.917. The highest BCUT2D eigenvalue weighted by molar-refractivity contribution is 9.09. The number of halogens is 1. The zero-order chi connectivity index (χ0) is 12.1. The van der Waals surface area contributed by atoms with E-state index in [4.69, 9.17) is 0 Å². The third kappa shape index (κ3) is 6.93. The lowest BCUT2D eigenvalue weighted by Gasteiger charge is -2.29. The van der Waals surface area contributed by atoms with E-state index in [1.54, 1.807) is 0 Å². The smallest absolute Gasteiger partial charge is 0.223 e. The molecular weight excluding hydrogens is 254 g/mol. The van der Waals surface area contributed by atoms with E-state index in [1.807, 2.05) is 4.90 Å². The van der Waals surface area contributed by atoms with Crippen molar-refractivity contribution in [1.82, 2.24) is 4.90 Å². The highest BCUT2D eigenvalue weighted by atomic mass is 79.9. The molecule has 0 unspecified atom stereocenters. The second kappa shape index (κ2) is 6.51. The molecule has 0 aliphatic carbocycles. The monoisotopic (exact) mass is 277 g/mol.